The third-order valence-corrected chi connectivity index (χ3v) is 4.53. The zero-order valence-corrected chi connectivity index (χ0v) is 14.4. The molecule has 3 rings (SSSR count). The van der Waals surface area contributed by atoms with Crippen LogP contribution in [-0.4, -0.2) is 36.0 Å². The molecule has 1 aliphatic heterocycles. The van der Waals surface area contributed by atoms with Crippen LogP contribution in [0.2, 0.25) is 0 Å². The van der Waals surface area contributed by atoms with Gasteiger partial charge in [-0.1, -0.05) is 36.4 Å². The van der Waals surface area contributed by atoms with Gasteiger partial charge in [0.15, 0.2) is 0 Å². The molecule has 0 radical (unpaired) electrons. The quantitative estimate of drug-likeness (QED) is 0.901. The van der Waals surface area contributed by atoms with E-state index < -0.39 is 0 Å². The van der Waals surface area contributed by atoms with Gasteiger partial charge < -0.3 is 15.5 Å². The number of anilines is 1. The average Bonchev–Trinajstić information content (AvgIpc) is 2.63. The maximum Gasteiger partial charge on any atom is 0.321 e. The minimum atomic E-state index is -0.0881. The summed E-state index contributed by atoms with van der Waals surface area (Å²) < 4.78 is 0. The normalized spacial score (nSPS) is 14.8. The Kier molecular flexibility index (Phi) is 5.33. The number of nitrogens with zero attached hydrogens (tertiary/aromatic N) is 1. The van der Waals surface area contributed by atoms with Crippen LogP contribution >= 0.6 is 0 Å². The molecule has 3 amide bonds. The SMILES string of the molecule is Cc1ccccc1C(=O)NC1CCN(C(=O)Nc2ccccc2)CC1. The van der Waals surface area contributed by atoms with Crippen molar-refractivity contribution in [1.29, 1.82) is 0 Å². The van der Waals surface area contributed by atoms with E-state index in [2.05, 4.69) is 10.6 Å². The highest BCUT2D eigenvalue weighted by Crippen LogP contribution is 2.14. The van der Waals surface area contributed by atoms with Crippen molar-refractivity contribution in [3.63, 3.8) is 0 Å². The molecule has 2 N–H and O–H groups in total. The van der Waals surface area contributed by atoms with E-state index in [1.807, 2.05) is 61.5 Å². The largest absolute Gasteiger partial charge is 0.349 e. The number of carbonyl (C=O) groups is 2. The van der Waals surface area contributed by atoms with Crippen LogP contribution in [0.4, 0.5) is 10.5 Å². The van der Waals surface area contributed by atoms with E-state index in [9.17, 15) is 9.59 Å². The molecule has 0 aliphatic carbocycles. The van der Waals surface area contributed by atoms with Gasteiger partial charge in [-0.05, 0) is 43.5 Å². The van der Waals surface area contributed by atoms with E-state index in [1.54, 1.807) is 4.90 Å². The molecule has 0 saturated carbocycles. The number of urea groups is 1. The summed E-state index contributed by atoms with van der Waals surface area (Å²) in [5, 5.41) is 5.99. The second kappa shape index (κ2) is 7.83. The fourth-order valence-electron chi connectivity index (χ4n) is 3.04. The monoisotopic (exact) mass is 337 g/mol. The number of nitrogens with one attached hydrogen (secondary N) is 2. The lowest BCUT2D eigenvalue weighted by Crippen LogP contribution is -2.47. The van der Waals surface area contributed by atoms with Crippen LogP contribution in [0, 0.1) is 6.92 Å². The molecule has 1 saturated heterocycles. The maximum absolute atomic E-state index is 12.4. The Morgan fingerprint density at radius 3 is 2.28 bits per heavy atom. The Bertz CT molecular complexity index is 738. The highest BCUT2D eigenvalue weighted by Gasteiger charge is 2.24. The summed E-state index contributed by atoms with van der Waals surface area (Å²) in [7, 11) is 0. The van der Waals surface area contributed by atoms with Crippen molar-refractivity contribution in [1.82, 2.24) is 10.2 Å². The molecule has 1 aliphatic rings. The summed E-state index contributed by atoms with van der Waals surface area (Å²) in [4.78, 5) is 26.5. The molecular weight excluding hydrogens is 314 g/mol. The third-order valence-electron chi connectivity index (χ3n) is 4.53. The Labute approximate surface area is 148 Å². The molecule has 130 valence electrons. The molecule has 2 aromatic rings. The van der Waals surface area contributed by atoms with Crippen molar-refractivity contribution in [3.05, 3.63) is 65.7 Å². The first kappa shape index (κ1) is 17.0. The number of para-hydroxylation sites is 1. The van der Waals surface area contributed by atoms with Crippen molar-refractivity contribution < 1.29 is 9.59 Å². The summed E-state index contributed by atoms with van der Waals surface area (Å²) in [6.07, 6.45) is 1.53. The van der Waals surface area contributed by atoms with Gasteiger partial charge in [-0.2, -0.15) is 0 Å². The van der Waals surface area contributed by atoms with Crippen molar-refractivity contribution >= 4 is 17.6 Å². The first-order valence-corrected chi connectivity index (χ1v) is 8.61. The minimum absolute atomic E-state index is 0.0368. The van der Waals surface area contributed by atoms with Gasteiger partial charge in [-0.15, -0.1) is 0 Å². The van der Waals surface area contributed by atoms with Gasteiger partial charge in [-0.3, -0.25) is 4.79 Å². The molecule has 1 heterocycles. The van der Waals surface area contributed by atoms with Gasteiger partial charge in [0.1, 0.15) is 0 Å². The predicted molar refractivity (Wildman–Crippen MR) is 98.7 cm³/mol. The summed E-state index contributed by atoms with van der Waals surface area (Å²) in [5.74, 6) is -0.0368. The molecule has 1 fully saturated rings. The molecule has 5 heteroatoms. The van der Waals surface area contributed by atoms with E-state index in [0.717, 1.165) is 24.1 Å². The lowest BCUT2D eigenvalue weighted by Gasteiger charge is -2.32. The molecule has 0 spiro atoms. The molecule has 0 bridgehead atoms. The number of piperidine rings is 1. The van der Waals surface area contributed by atoms with Crippen LogP contribution < -0.4 is 10.6 Å². The molecule has 0 aromatic heterocycles. The van der Waals surface area contributed by atoms with E-state index in [4.69, 9.17) is 0 Å². The number of carbonyl (C=O) groups excluding carboxylic acids is 2. The number of benzene rings is 2. The molecule has 25 heavy (non-hydrogen) atoms. The number of amides is 3. The molecular formula is C20H23N3O2. The first-order valence-electron chi connectivity index (χ1n) is 8.61. The molecule has 0 unspecified atom stereocenters. The van der Waals surface area contributed by atoms with E-state index in [1.165, 1.54) is 0 Å². The van der Waals surface area contributed by atoms with Crippen LogP contribution in [0.3, 0.4) is 0 Å². The lowest BCUT2D eigenvalue weighted by molar-refractivity contribution is 0.0918. The Balaban J connectivity index is 1.49. The van der Waals surface area contributed by atoms with Gasteiger partial charge >= 0.3 is 6.03 Å². The van der Waals surface area contributed by atoms with Crippen LogP contribution in [0.15, 0.2) is 54.6 Å². The summed E-state index contributed by atoms with van der Waals surface area (Å²) >= 11 is 0. The number of rotatable bonds is 3. The second-order valence-electron chi connectivity index (χ2n) is 6.35. The zero-order valence-electron chi connectivity index (χ0n) is 14.4. The van der Waals surface area contributed by atoms with Crippen molar-refractivity contribution in [2.45, 2.75) is 25.8 Å². The number of hydrogen-bond acceptors (Lipinski definition) is 2. The highest BCUT2D eigenvalue weighted by atomic mass is 16.2. The van der Waals surface area contributed by atoms with Gasteiger partial charge in [0, 0.05) is 30.4 Å². The average molecular weight is 337 g/mol. The van der Waals surface area contributed by atoms with Gasteiger partial charge in [0.2, 0.25) is 0 Å². The van der Waals surface area contributed by atoms with Crippen LogP contribution in [0.1, 0.15) is 28.8 Å². The molecule has 2 aromatic carbocycles. The van der Waals surface area contributed by atoms with E-state index in [0.29, 0.717) is 18.7 Å². The second-order valence-corrected chi connectivity index (χ2v) is 6.35. The molecule has 5 nitrogen and oxygen atoms in total. The Morgan fingerprint density at radius 2 is 1.60 bits per heavy atom. The first-order chi connectivity index (χ1) is 12.1. The Morgan fingerprint density at radius 1 is 0.960 bits per heavy atom. The fourth-order valence-corrected chi connectivity index (χ4v) is 3.04. The predicted octanol–water partition coefficient (Wildman–Crippen LogP) is 3.42. The maximum atomic E-state index is 12.4. The van der Waals surface area contributed by atoms with Crippen molar-refractivity contribution in [3.8, 4) is 0 Å². The number of hydrogen-bond donors (Lipinski definition) is 2. The number of likely N-dealkylation sites (tertiary alicyclic amines) is 1. The van der Waals surface area contributed by atoms with Crippen molar-refractivity contribution in [2.75, 3.05) is 18.4 Å². The standard InChI is InChI=1S/C20H23N3O2/c1-15-7-5-6-10-18(15)19(24)21-17-11-13-23(14-12-17)20(25)22-16-8-3-2-4-9-16/h2-10,17H,11-14H2,1H3,(H,21,24)(H,22,25). The topological polar surface area (TPSA) is 61.4 Å². The van der Waals surface area contributed by atoms with Crippen LogP contribution in [0.25, 0.3) is 0 Å². The van der Waals surface area contributed by atoms with E-state index >= 15 is 0 Å². The van der Waals surface area contributed by atoms with Gasteiger partial charge in [0.05, 0.1) is 0 Å². The third kappa shape index (κ3) is 4.38. The minimum Gasteiger partial charge on any atom is -0.349 e. The molecule has 0 atom stereocenters. The van der Waals surface area contributed by atoms with Crippen molar-refractivity contribution in [2.24, 2.45) is 0 Å². The summed E-state index contributed by atoms with van der Waals surface area (Å²) in [6.45, 7) is 3.21. The van der Waals surface area contributed by atoms with E-state index in [-0.39, 0.29) is 18.0 Å². The van der Waals surface area contributed by atoms with Gasteiger partial charge in [0.25, 0.3) is 5.91 Å². The van der Waals surface area contributed by atoms with Crippen LogP contribution in [-0.2, 0) is 0 Å². The highest BCUT2D eigenvalue weighted by molar-refractivity contribution is 5.95. The summed E-state index contributed by atoms with van der Waals surface area (Å²) in [5.41, 5.74) is 2.48. The fraction of sp³-hybridized carbons (Fsp3) is 0.300. The van der Waals surface area contributed by atoms with Crippen LogP contribution in [0.5, 0.6) is 0 Å². The Hall–Kier alpha value is -2.82. The number of aryl methyl sites for hydroxylation is 1. The lowest BCUT2D eigenvalue weighted by atomic mass is 10.0. The summed E-state index contributed by atoms with van der Waals surface area (Å²) in [6, 6.07) is 17.0. The smallest absolute Gasteiger partial charge is 0.321 e. The van der Waals surface area contributed by atoms with Gasteiger partial charge in [-0.25, -0.2) is 4.79 Å². The zero-order chi connectivity index (χ0) is 17.6.